The fraction of sp³-hybridized carbons (Fsp3) is 0.533. The molecule has 1 heterocycles. The molecule has 104 valence electrons. The molecular weight excluding hydrogens is 240 g/mol. The molecule has 0 N–H and O–H groups in total. The zero-order chi connectivity index (χ0) is 14.0. The van der Waals surface area contributed by atoms with Crippen LogP contribution in [0.25, 0.3) is 0 Å². The van der Waals surface area contributed by atoms with Crippen LogP contribution in [0.3, 0.4) is 0 Å². The average Bonchev–Trinajstić information content (AvgIpc) is 2.41. The van der Waals surface area contributed by atoms with Gasteiger partial charge in [0.25, 0.3) is 5.91 Å². The molecule has 4 nitrogen and oxygen atoms in total. The highest BCUT2D eigenvalue weighted by atomic mass is 16.5. The van der Waals surface area contributed by atoms with Crippen molar-refractivity contribution in [2.75, 3.05) is 40.3 Å². The van der Waals surface area contributed by atoms with Gasteiger partial charge in [-0.1, -0.05) is 0 Å². The second kappa shape index (κ2) is 5.61. The molecule has 19 heavy (non-hydrogen) atoms. The topological polar surface area (TPSA) is 32.8 Å². The minimum atomic E-state index is 0.0769. The Morgan fingerprint density at radius 1 is 1.11 bits per heavy atom. The van der Waals surface area contributed by atoms with Crippen LogP contribution in [-0.4, -0.2) is 56.0 Å². The van der Waals surface area contributed by atoms with Crippen LogP contribution in [0, 0.1) is 13.8 Å². The number of ether oxygens (including phenoxy) is 1. The summed E-state index contributed by atoms with van der Waals surface area (Å²) < 4.78 is 5.36. The SMILES string of the molecule is COc1cc(C)c(C)cc1C(=O)N1CCN(C)CC1. The summed E-state index contributed by atoms with van der Waals surface area (Å²) in [6, 6.07) is 3.88. The number of rotatable bonds is 2. The third-order valence-corrected chi connectivity index (χ3v) is 3.84. The van der Waals surface area contributed by atoms with Crippen molar-refractivity contribution < 1.29 is 9.53 Å². The summed E-state index contributed by atoms with van der Waals surface area (Å²) in [6.07, 6.45) is 0. The van der Waals surface area contributed by atoms with E-state index in [1.54, 1.807) is 7.11 Å². The Balaban J connectivity index is 2.25. The molecule has 0 bridgehead atoms. The lowest BCUT2D eigenvalue weighted by molar-refractivity contribution is 0.0660. The average molecular weight is 262 g/mol. The number of methoxy groups -OCH3 is 1. The zero-order valence-electron chi connectivity index (χ0n) is 12.2. The van der Waals surface area contributed by atoms with Crippen LogP contribution in [0.2, 0.25) is 0 Å². The van der Waals surface area contributed by atoms with Gasteiger partial charge in [-0.25, -0.2) is 0 Å². The minimum absolute atomic E-state index is 0.0769. The summed E-state index contributed by atoms with van der Waals surface area (Å²) in [5, 5.41) is 0. The van der Waals surface area contributed by atoms with Gasteiger partial charge < -0.3 is 14.5 Å². The monoisotopic (exact) mass is 262 g/mol. The van der Waals surface area contributed by atoms with Gasteiger partial charge in [-0.2, -0.15) is 0 Å². The largest absolute Gasteiger partial charge is 0.496 e. The van der Waals surface area contributed by atoms with Gasteiger partial charge in [0, 0.05) is 26.2 Å². The summed E-state index contributed by atoms with van der Waals surface area (Å²) in [7, 11) is 3.70. The fourth-order valence-electron chi connectivity index (χ4n) is 2.31. The first-order valence-corrected chi connectivity index (χ1v) is 6.66. The van der Waals surface area contributed by atoms with Crippen molar-refractivity contribution in [1.29, 1.82) is 0 Å². The zero-order valence-corrected chi connectivity index (χ0v) is 12.2. The van der Waals surface area contributed by atoms with E-state index < -0.39 is 0 Å². The molecule has 0 unspecified atom stereocenters. The van der Waals surface area contributed by atoms with Gasteiger partial charge in [0.05, 0.1) is 12.7 Å². The van der Waals surface area contributed by atoms with Gasteiger partial charge in [-0.3, -0.25) is 4.79 Å². The van der Waals surface area contributed by atoms with E-state index in [-0.39, 0.29) is 5.91 Å². The molecule has 0 radical (unpaired) electrons. The number of carbonyl (C=O) groups is 1. The first-order chi connectivity index (χ1) is 9.02. The molecule has 1 fully saturated rings. The Labute approximate surface area is 115 Å². The molecule has 1 aromatic carbocycles. The highest BCUT2D eigenvalue weighted by Gasteiger charge is 2.23. The number of amides is 1. The van der Waals surface area contributed by atoms with Crippen molar-refractivity contribution in [3.8, 4) is 5.75 Å². The molecule has 0 aromatic heterocycles. The third-order valence-electron chi connectivity index (χ3n) is 3.84. The van der Waals surface area contributed by atoms with Crippen LogP contribution >= 0.6 is 0 Å². The number of hydrogen-bond donors (Lipinski definition) is 0. The minimum Gasteiger partial charge on any atom is -0.496 e. The van der Waals surface area contributed by atoms with Gasteiger partial charge in [0.2, 0.25) is 0 Å². The van der Waals surface area contributed by atoms with Crippen molar-refractivity contribution >= 4 is 5.91 Å². The Morgan fingerprint density at radius 2 is 1.68 bits per heavy atom. The Morgan fingerprint density at radius 3 is 2.26 bits per heavy atom. The lowest BCUT2D eigenvalue weighted by Crippen LogP contribution is -2.47. The summed E-state index contributed by atoms with van der Waals surface area (Å²) >= 11 is 0. The normalized spacial score (nSPS) is 16.5. The molecule has 0 saturated carbocycles. The maximum atomic E-state index is 12.6. The molecule has 1 amide bonds. The molecule has 1 aromatic rings. The number of piperazine rings is 1. The maximum Gasteiger partial charge on any atom is 0.257 e. The predicted octanol–water partition coefficient (Wildman–Crippen LogP) is 1.70. The summed E-state index contributed by atoms with van der Waals surface area (Å²) in [6.45, 7) is 7.48. The Kier molecular flexibility index (Phi) is 4.10. The third kappa shape index (κ3) is 2.89. The Hall–Kier alpha value is -1.55. The van der Waals surface area contributed by atoms with E-state index in [0.717, 1.165) is 37.3 Å². The number of hydrogen-bond acceptors (Lipinski definition) is 3. The van der Waals surface area contributed by atoms with Crippen molar-refractivity contribution in [1.82, 2.24) is 9.80 Å². The van der Waals surface area contributed by atoms with Crippen LogP contribution in [0.1, 0.15) is 21.5 Å². The van der Waals surface area contributed by atoms with E-state index in [9.17, 15) is 4.79 Å². The van der Waals surface area contributed by atoms with Gasteiger partial charge in [0.15, 0.2) is 0 Å². The molecule has 1 aliphatic rings. The van der Waals surface area contributed by atoms with Crippen LogP contribution in [0.5, 0.6) is 5.75 Å². The molecule has 4 heteroatoms. The highest BCUT2D eigenvalue weighted by molar-refractivity contribution is 5.97. The molecule has 0 aliphatic carbocycles. The number of likely N-dealkylation sites (N-methyl/N-ethyl adjacent to an activating group) is 1. The van der Waals surface area contributed by atoms with Gasteiger partial charge >= 0.3 is 0 Å². The standard InChI is InChI=1S/C15H22N2O2/c1-11-9-13(14(19-4)10-12(11)2)15(18)17-7-5-16(3)6-8-17/h9-10H,5-8H2,1-4H3. The summed E-state index contributed by atoms with van der Waals surface area (Å²) in [5.41, 5.74) is 2.94. The molecule has 0 spiro atoms. The Bertz CT molecular complexity index is 477. The highest BCUT2D eigenvalue weighted by Crippen LogP contribution is 2.24. The second-order valence-electron chi connectivity index (χ2n) is 5.23. The number of benzene rings is 1. The van der Waals surface area contributed by atoms with Crippen molar-refractivity contribution in [3.05, 3.63) is 28.8 Å². The molecule has 1 aliphatic heterocycles. The smallest absolute Gasteiger partial charge is 0.257 e. The summed E-state index contributed by atoms with van der Waals surface area (Å²) in [5.74, 6) is 0.750. The van der Waals surface area contributed by atoms with Crippen LogP contribution in [-0.2, 0) is 0 Å². The molecular formula is C15H22N2O2. The van der Waals surface area contributed by atoms with E-state index in [2.05, 4.69) is 11.9 Å². The lowest BCUT2D eigenvalue weighted by Gasteiger charge is -2.32. The lowest BCUT2D eigenvalue weighted by atomic mass is 10.0. The second-order valence-corrected chi connectivity index (χ2v) is 5.23. The number of carbonyl (C=O) groups excluding carboxylic acids is 1. The fourth-order valence-corrected chi connectivity index (χ4v) is 2.31. The maximum absolute atomic E-state index is 12.6. The van der Waals surface area contributed by atoms with Crippen molar-refractivity contribution in [3.63, 3.8) is 0 Å². The van der Waals surface area contributed by atoms with Gasteiger partial charge in [-0.05, 0) is 44.2 Å². The summed E-state index contributed by atoms with van der Waals surface area (Å²) in [4.78, 5) is 16.7. The van der Waals surface area contributed by atoms with E-state index in [1.807, 2.05) is 30.9 Å². The van der Waals surface area contributed by atoms with E-state index in [0.29, 0.717) is 11.3 Å². The first-order valence-electron chi connectivity index (χ1n) is 6.66. The van der Waals surface area contributed by atoms with Gasteiger partial charge in [0.1, 0.15) is 5.75 Å². The number of aryl methyl sites for hydroxylation is 2. The van der Waals surface area contributed by atoms with E-state index in [1.165, 1.54) is 0 Å². The number of nitrogens with zero attached hydrogens (tertiary/aromatic N) is 2. The quantitative estimate of drug-likeness (QED) is 0.813. The van der Waals surface area contributed by atoms with Gasteiger partial charge in [-0.15, -0.1) is 0 Å². The molecule has 1 saturated heterocycles. The molecule has 2 rings (SSSR count). The molecule has 0 atom stereocenters. The van der Waals surface area contributed by atoms with Crippen molar-refractivity contribution in [2.45, 2.75) is 13.8 Å². The van der Waals surface area contributed by atoms with E-state index >= 15 is 0 Å². The first kappa shape index (κ1) is 13.9. The van der Waals surface area contributed by atoms with Crippen LogP contribution < -0.4 is 4.74 Å². The predicted molar refractivity (Wildman–Crippen MR) is 75.9 cm³/mol. The van der Waals surface area contributed by atoms with Crippen molar-refractivity contribution in [2.24, 2.45) is 0 Å². The van der Waals surface area contributed by atoms with E-state index in [4.69, 9.17) is 4.74 Å². The van der Waals surface area contributed by atoms with Crippen LogP contribution in [0.15, 0.2) is 12.1 Å². The van der Waals surface area contributed by atoms with Crippen LogP contribution in [0.4, 0.5) is 0 Å².